The predicted octanol–water partition coefficient (Wildman–Crippen LogP) is 2.25. The van der Waals surface area contributed by atoms with Crippen molar-refractivity contribution in [3.05, 3.63) is 24.3 Å². The van der Waals surface area contributed by atoms with Crippen molar-refractivity contribution in [3.63, 3.8) is 0 Å². The van der Waals surface area contributed by atoms with E-state index >= 15 is 0 Å². The third kappa shape index (κ3) is 4.72. The number of methoxy groups -OCH3 is 1. The van der Waals surface area contributed by atoms with Gasteiger partial charge in [0, 0.05) is 19.0 Å². The molecule has 2 amide bonds. The average Bonchev–Trinajstić information content (AvgIpc) is 2.66. The van der Waals surface area contributed by atoms with Crippen molar-refractivity contribution >= 4 is 17.5 Å². The lowest BCUT2D eigenvalue weighted by molar-refractivity contribution is -0.136. The highest BCUT2D eigenvalue weighted by atomic mass is 16.5. The Bertz CT molecular complexity index is 597. The zero-order chi connectivity index (χ0) is 18.4. The fraction of sp³-hybridized carbons (Fsp3) is 0.579. The van der Waals surface area contributed by atoms with Crippen molar-refractivity contribution in [2.75, 3.05) is 25.5 Å². The molecule has 0 spiro atoms. The highest BCUT2D eigenvalue weighted by Crippen LogP contribution is 2.26. The maximum Gasteiger partial charge on any atom is 0.239 e. The highest BCUT2D eigenvalue weighted by molar-refractivity contribution is 5.94. The second kappa shape index (κ2) is 8.85. The van der Waals surface area contributed by atoms with Crippen LogP contribution in [-0.4, -0.2) is 43.0 Å². The number of amides is 2. The minimum atomic E-state index is -0.455. The van der Waals surface area contributed by atoms with E-state index in [1.165, 1.54) is 0 Å². The van der Waals surface area contributed by atoms with E-state index in [1.807, 2.05) is 38.1 Å². The number of nitrogens with two attached hydrogens (primary N) is 1. The summed E-state index contributed by atoms with van der Waals surface area (Å²) in [6.45, 7) is 5.18. The molecule has 0 bridgehead atoms. The molecule has 1 aromatic rings. The number of carbonyl (C=O) groups excluding carboxylic acids is 2. The Labute approximate surface area is 149 Å². The lowest BCUT2D eigenvalue weighted by Gasteiger charge is -2.34. The molecule has 25 heavy (non-hydrogen) atoms. The molecule has 3 N–H and O–H groups in total. The number of rotatable bonds is 6. The molecule has 2 rings (SSSR count). The molecule has 0 aromatic heterocycles. The molecular formula is C19H29N3O3. The van der Waals surface area contributed by atoms with Gasteiger partial charge < -0.3 is 20.7 Å². The maximum absolute atomic E-state index is 12.5. The van der Waals surface area contributed by atoms with Gasteiger partial charge in [0.15, 0.2) is 0 Å². The van der Waals surface area contributed by atoms with Crippen molar-refractivity contribution < 1.29 is 14.3 Å². The first-order valence-electron chi connectivity index (χ1n) is 8.96. The Morgan fingerprint density at radius 3 is 2.56 bits per heavy atom. The summed E-state index contributed by atoms with van der Waals surface area (Å²) in [4.78, 5) is 26.7. The summed E-state index contributed by atoms with van der Waals surface area (Å²) in [7, 11) is 1.58. The van der Waals surface area contributed by atoms with E-state index in [9.17, 15) is 9.59 Å². The van der Waals surface area contributed by atoms with E-state index in [0.29, 0.717) is 37.4 Å². The molecule has 1 aliphatic heterocycles. The number of hydrogen-bond acceptors (Lipinski definition) is 4. The van der Waals surface area contributed by atoms with Crippen LogP contribution in [0.1, 0.15) is 33.1 Å². The van der Waals surface area contributed by atoms with Crippen molar-refractivity contribution in [2.24, 2.45) is 17.6 Å². The fourth-order valence-corrected chi connectivity index (χ4v) is 3.05. The summed E-state index contributed by atoms with van der Waals surface area (Å²) in [5.74, 6) is 0.677. The molecule has 0 saturated carbocycles. The minimum Gasteiger partial charge on any atom is -0.495 e. The summed E-state index contributed by atoms with van der Waals surface area (Å²) in [5.41, 5.74) is 6.72. The van der Waals surface area contributed by atoms with Gasteiger partial charge >= 0.3 is 0 Å². The summed E-state index contributed by atoms with van der Waals surface area (Å²) in [6.07, 6.45) is 2.19. The van der Waals surface area contributed by atoms with Crippen LogP contribution in [0.25, 0.3) is 0 Å². The number of carbonyl (C=O) groups is 2. The highest BCUT2D eigenvalue weighted by Gasteiger charge is 2.31. The van der Waals surface area contributed by atoms with Crippen molar-refractivity contribution in [2.45, 2.75) is 39.2 Å². The van der Waals surface area contributed by atoms with Gasteiger partial charge in [0.1, 0.15) is 5.75 Å². The van der Waals surface area contributed by atoms with Gasteiger partial charge in [0.2, 0.25) is 11.8 Å². The first kappa shape index (κ1) is 19.2. The second-order valence-electron chi connectivity index (χ2n) is 6.70. The number of benzene rings is 1. The van der Waals surface area contributed by atoms with E-state index in [0.717, 1.165) is 6.42 Å². The smallest absolute Gasteiger partial charge is 0.239 e. The number of para-hydroxylation sites is 2. The third-order valence-electron chi connectivity index (χ3n) is 5.08. The molecule has 1 fully saturated rings. The standard InChI is InChI=1S/C19H29N3O3/c1-4-13(2)17(20)19(24)22-11-9-14(10-12-22)18(23)21-15-7-5-6-8-16(15)25-3/h5-8,13-14,17H,4,9-12,20H2,1-3H3,(H,21,23). The zero-order valence-electron chi connectivity index (χ0n) is 15.3. The third-order valence-corrected chi connectivity index (χ3v) is 5.08. The van der Waals surface area contributed by atoms with Crippen LogP contribution < -0.4 is 15.8 Å². The largest absolute Gasteiger partial charge is 0.495 e. The Hall–Kier alpha value is -2.08. The number of ether oxygens (including phenoxy) is 1. The molecule has 1 heterocycles. The summed E-state index contributed by atoms with van der Waals surface area (Å²) in [5, 5.41) is 2.93. The summed E-state index contributed by atoms with van der Waals surface area (Å²) >= 11 is 0. The number of anilines is 1. The van der Waals surface area contributed by atoms with Gasteiger partial charge in [-0.2, -0.15) is 0 Å². The van der Waals surface area contributed by atoms with Gasteiger partial charge in [-0.1, -0.05) is 32.4 Å². The van der Waals surface area contributed by atoms with Gasteiger partial charge in [0.25, 0.3) is 0 Å². The van der Waals surface area contributed by atoms with Gasteiger partial charge in [-0.3, -0.25) is 9.59 Å². The Morgan fingerprint density at radius 2 is 1.96 bits per heavy atom. The van der Waals surface area contributed by atoms with Crippen LogP contribution in [0.3, 0.4) is 0 Å². The SMILES string of the molecule is CCC(C)C(N)C(=O)N1CCC(C(=O)Nc2ccccc2OC)CC1. The summed E-state index contributed by atoms with van der Waals surface area (Å²) < 4.78 is 5.26. The van der Waals surface area contributed by atoms with Crippen molar-refractivity contribution in [1.82, 2.24) is 4.90 Å². The van der Waals surface area contributed by atoms with Crippen LogP contribution in [0.5, 0.6) is 5.75 Å². The Kier molecular flexibility index (Phi) is 6.82. The second-order valence-corrected chi connectivity index (χ2v) is 6.70. The number of hydrogen-bond donors (Lipinski definition) is 2. The molecule has 0 aliphatic carbocycles. The average molecular weight is 347 g/mol. The quantitative estimate of drug-likeness (QED) is 0.826. The van der Waals surface area contributed by atoms with Crippen molar-refractivity contribution in [3.8, 4) is 5.75 Å². The molecule has 6 heteroatoms. The van der Waals surface area contributed by atoms with Crippen LogP contribution in [0, 0.1) is 11.8 Å². The summed E-state index contributed by atoms with van der Waals surface area (Å²) in [6, 6.07) is 6.90. The van der Waals surface area contributed by atoms with Crippen LogP contribution in [0.4, 0.5) is 5.69 Å². The van der Waals surface area contributed by atoms with Gasteiger partial charge in [-0.25, -0.2) is 0 Å². The number of likely N-dealkylation sites (tertiary alicyclic amines) is 1. The number of nitrogens with one attached hydrogen (secondary N) is 1. The predicted molar refractivity (Wildman–Crippen MR) is 98.4 cm³/mol. The van der Waals surface area contributed by atoms with Crippen LogP contribution in [0.15, 0.2) is 24.3 Å². The van der Waals surface area contributed by atoms with Crippen LogP contribution >= 0.6 is 0 Å². The first-order valence-corrected chi connectivity index (χ1v) is 8.96. The lowest BCUT2D eigenvalue weighted by Crippen LogP contribution is -2.50. The molecule has 138 valence electrons. The topological polar surface area (TPSA) is 84.7 Å². The van der Waals surface area contributed by atoms with Gasteiger partial charge in [-0.05, 0) is 30.9 Å². The molecular weight excluding hydrogens is 318 g/mol. The van der Waals surface area contributed by atoms with E-state index in [-0.39, 0.29) is 23.7 Å². The molecule has 1 aromatic carbocycles. The monoisotopic (exact) mass is 347 g/mol. The zero-order valence-corrected chi connectivity index (χ0v) is 15.3. The lowest BCUT2D eigenvalue weighted by atomic mass is 9.93. The van der Waals surface area contributed by atoms with Gasteiger partial charge in [-0.15, -0.1) is 0 Å². The Balaban J connectivity index is 1.89. The normalized spacial score (nSPS) is 17.7. The number of piperidine rings is 1. The first-order chi connectivity index (χ1) is 12.0. The van der Waals surface area contributed by atoms with Crippen LogP contribution in [0.2, 0.25) is 0 Å². The van der Waals surface area contributed by atoms with Crippen LogP contribution in [-0.2, 0) is 9.59 Å². The molecule has 2 unspecified atom stereocenters. The molecule has 1 aliphatic rings. The molecule has 2 atom stereocenters. The fourth-order valence-electron chi connectivity index (χ4n) is 3.05. The Morgan fingerprint density at radius 1 is 1.32 bits per heavy atom. The van der Waals surface area contributed by atoms with Gasteiger partial charge in [0.05, 0.1) is 18.8 Å². The molecule has 0 radical (unpaired) electrons. The van der Waals surface area contributed by atoms with E-state index in [2.05, 4.69) is 5.32 Å². The van der Waals surface area contributed by atoms with Crippen molar-refractivity contribution in [1.29, 1.82) is 0 Å². The molecule has 1 saturated heterocycles. The number of nitrogens with zero attached hydrogens (tertiary/aromatic N) is 1. The maximum atomic E-state index is 12.5. The van der Waals surface area contributed by atoms with E-state index in [4.69, 9.17) is 10.5 Å². The minimum absolute atomic E-state index is 0.00191. The van der Waals surface area contributed by atoms with E-state index < -0.39 is 6.04 Å². The molecule has 6 nitrogen and oxygen atoms in total. The van der Waals surface area contributed by atoms with E-state index in [1.54, 1.807) is 12.0 Å².